The molecule has 3 aromatic rings. The molecule has 9 heteroatoms. The van der Waals surface area contributed by atoms with E-state index in [0.717, 1.165) is 23.3 Å². The van der Waals surface area contributed by atoms with Crippen LogP contribution in [-0.4, -0.2) is 31.5 Å². The monoisotopic (exact) mass is 518 g/mol. The minimum Gasteiger partial charge on any atom is -0.458 e. The lowest BCUT2D eigenvalue weighted by Gasteiger charge is -2.12. The van der Waals surface area contributed by atoms with Crippen LogP contribution < -0.4 is 18.9 Å². The maximum atomic E-state index is 12.5. The Hall–Kier alpha value is -5.05. The second-order valence-corrected chi connectivity index (χ2v) is 7.63. The van der Waals surface area contributed by atoms with E-state index in [1.807, 2.05) is 6.92 Å². The molecular formula is C29H26O9. The molecule has 0 spiro atoms. The maximum absolute atomic E-state index is 12.5. The summed E-state index contributed by atoms with van der Waals surface area (Å²) in [6.45, 7) is 8.27. The molecular weight excluding hydrogens is 492 g/mol. The Morgan fingerprint density at radius 1 is 0.711 bits per heavy atom. The highest BCUT2D eigenvalue weighted by Crippen LogP contribution is 2.25. The molecule has 0 bridgehead atoms. The van der Waals surface area contributed by atoms with E-state index in [2.05, 4.69) is 13.2 Å². The Labute approximate surface area is 219 Å². The molecule has 0 aliphatic carbocycles. The van der Waals surface area contributed by atoms with Gasteiger partial charge in [0.15, 0.2) is 0 Å². The molecule has 9 nitrogen and oxygen atoms in total. The first-order valence-corrected chi connectivity index (χ1v) is 11.4. The molecule has 0 radical (unpaired) electrons. The highest BCUT2D eigenvalue weighted by molar-refractivity contribution is 5.91. The molecule has 0 saturated heterocycles. The highest BCUT2D eigenvalue weighted by Gasteiger charge is 2.11. The minimum absolute atomic E-state index is 0.0500. The van der Waals surface area contributed by atoms with Crippen LogP contribution in [0, 0.1) is 6.92 Å². The van der Waals surface area contributed by atoms with Gasteiger partial charge in [0.25, 0.3) is 0 Å². The summed E-state index contributed by atoms with van der Waals surface area (Å²) in [5, 5.41) is 0. The van der Waals surface area contributed by atoms with Crippen molar-refractivity contribution in [2.75, 3.05) is 13.6 Å². The van der Waals surface area contributed by atoms with Gasteiger partial charge in [-0.1, -0.05) is 25.3 Å². The second-order valence-electron chi connectivity index (χ2n) is 7.63. The van der Waals surface area contributed by atoms with Crippen LogP contribution in [-0.2, 0) is 25.7 Å². The van der Waals surface area contributed by atoms with Crippen molar-refractivity contribution < 1.29 is 42.8 Å². The molecule has 0 aliphatic rings. The Balaban J connectivity index is 1.45. The maximum Gasteiger partial charge on any atom is 0.343 e. The van der Waals surface area contributed by atoms with Crippen molar-refractivity contribution in [3.05, 3.63) is 109 Å². The summed E-state index contributed by atoms with van der Waals surface area (Å²) in [5.74, 6) is 0.359. The SMILES string of the molecule is C=CC(=O)OCOc1ccc(OCOc2ccc(OC(=O)c3ccc(COC(=O)C=C)cc3)cc2C)cc1. The zero-order chi connectivity index (χ0) is 27.3. The Morgan fingerprint density at radius 2 is 1.29 bits per heavy atom. The molecule has 0 N–H and O–H groups in total. The van der Waals surface area contributed by atoms with Crippen LogP contribution in [0.1, 0.15) is 21.5 Å². The number of hydrogen-bond donors (Lipinski definition) is 0. The second kappa shape index (κ2) is 13.9. The largest absolute Gasteiger partial charge is 0.458 e. The number of carbonyl (C=O) groups excluding carboxylic acids is 3. The van der Waals surface area contributed by atoms with Gasteiger partial charge in [-0.05, 0) is 72.6 Å². The smallest absolute Gasteiger partial charge is 0.343 e. The van der Waals surface area contributed by atoms with Gasteiger partial charge in [-0.2, -0.15) is 0 Å². The summed E-state index contributed by atoms with van der Waals surface area (Å²) < 4.78 is 31.7. The molecule has 3 rings (SSSR count). The van der Waals surface area contributed by atoms with Crippen LogP contribution in [0.5, 0.6) is 23.0 Å². The molecule has 0 saturated carbocycles. The van der Waals surface area contributed by atoms with Crippen LogP contribution in [0.25, 0.3) is 0 Å². The molecule has 0 amide bonds. The number of ether oxygens (including phenoxy) is 6. The molecule has 0 aliphatic heterocycles. The van der Waals surface area contributed by atoms with Crippen molar-refractivity contribution in [3.63, 3.8) is 0 Å². The predicted octanol–water partition coefficient (Wildman–Crippen LogP) is 4.92. The van der Waals surface area contributed by atoms with Crippen molar-refractivity contribution in [1.29, 1.82) is 0 Å². The van der Waals surface area contributed by atoms with Crippen molar-refractivity contribution in [3.8, 4) is 23.0 Å². The predicted molar refractivity (Wildman–Crippen MR) is 137 cm³/mol. The molecule has 0 aromatic heterocycles. The van der Waals surface area contributed by atoms with Gasteiger partial charge in [0.05, 0.1) is 5.56 Å². The number of esters is 3. The van der Waals surface area contributed by atoms with E-state index >= 15 is 0 Å². The van der Waals surface area contributed by atoms with E-state index in [1.165, 1.54) is 0 Å². The summed E-state index contributed by atoms with van der Waals surface area (Å²) in [7, 11) is 0. The van der Waals surface area contributed by atoms with Gasteiger partial charge in [-0.25, -0.2) is 14.4 Å². The zero-order valence-corrected chi connectivity index (χ0v) is 20.7. The van der Waals surface area contributed by atoms with E-state index in [-0.39, 0.29) is 20.2 Å². The fourth-order valence-electron chi connectivity index (χ4n) is 2.97. The van der Waals surface area contributed by atoms with Crippen LogP contribution in [0.2, 0.25) is 0 Å². The van der Waals surface area contributed by atoms with Crippen LogP contribution in [0.4, 0.5) is 0 Å². The van der Waals surface area contributed by atoms with Gasteiger partial charge < -0.3 is 28.4 Å². The summed E-state index contributed by atoms with van der Waals surface area (Å²) in [4.78, 5) is 34.6. The van der Waals surface area contributed by atoms with Gasteiger partial charge in [-0.15, -0.1) is 0 Å². The normalized spacial score (nSPS) is 10.0. The molecule has 38 heavy (non-hydrogen) atoms. The first-order chi connectivity index (χ1) is 18.4. The third kappa shape index (κ3) is 8.56. The summed E-state index contributed by atoms with van der Waals surface area (Å²) in [6.07, 6.45) is 2.14. The minimum atomic E-state index is -0.569. The van der Waals surface area contributed by atoms with Crippen molar-refractivity contribution in [2.24, 2.45) is 0 Å². The summed E-state index contributed by atoms with van der Waals surface area (Å²) in [6, 6.07) is 18.2. The standard InChI is InChI=1S/C29H26O9/c1-4-27(30)33-17-21-6-8-22(9-7-21)29(32)38-25-14-15-26(20(3)16-25)36-18-34-23-10-12-24(13-11-23)35-19-37-28(31)5-2/h4-16H,1-2,17-19H2,3H3. The van der Waals surface area contributed by atoms with Crippen LogP contribution in [0.15, 0.2) is 92.0 Å². The highest BCUT2D eigenvalue weighted by atomic mass is 16.7. The van der Waals surface area contributed by atoms with E-state index < -0.39 is 17.9 Å². The van der Waals surface area contributed by atoms with Crippen molar-refractivity contribution in [1.82, 2.24) is 0 Å². The Kier molecular flexibility index (Phi) is 10.1. The van der Waals surface area contributed by atoms with Gasteiger partial charge in [0.2, 0.25) is 13.6 Å². The average molecular weight is 519 g/mol. The number of hydrogen-bond acceptors (Lipinski definition) is 9. The average Bonchev–Trinajstić information content (AvgIpc) is 2.93. The van der Waals surface area contributed by atoms with Crippen molar-refractivity contribution in [2.45, 2.75) is 13.5 Å². The summed E-state index contributed by atoms with van der Waals surface area (Å²) in [5.41, 5.74) is 1.83. The first kappa shape index (κ1) is 27.5. The number of aryl methyl sites for hydroxylation is 1. The number of carbonyl (C=O) groups is 3. The molecule has 3 aromatic carbocycles. The van der Waals surface area contributed by atoms with Gasteiger partial charge in [-0.3, -0.25) is 0 Å². The van der Waals surface area contributed by atoms with E-state index in [0.29, 0.717) is 28.6 Å². The van der Waals surface area contributed by atoms with Gasteiger partial charge >= 0.3 is 17.9 Å². The summed E-state index contributed by atoms with van der Waals surface area (Å²) >= 11 is 0. The van der Waals surface area contributed by atoms with E-state index in [1.54, 1.807) is 66.7 Å². The fourth-order valence-corrected chi connectivity index (χ4v) is 2.97. The third-order valence-corrected chi connectivity index (χ3v) is 4.95. The third-order valence-electron chi connectivity index (χ3n) is 4.95. The Morgan fingerprint density at radius 3 is 1.89 bits per heavy atom. The van der Waals surface area contributed by atoms with E-state index in [4.69, 9.17) is 28.4 Å². The molecule has 196 valence electrons. The van der Waals surface area contributed by atoms with Crippen molar-refractivity contribution >= 4 is 17.9 Å². The lowest BCUT2D eigenvalue weighted by Crippen LogP contribution is -2.10. The molecule has 0 atom stereocenters. The van der Waals surface area contributed by atoms with Gasteiger partial charge in [0, 0.05) is 12.2 Å². The molecule has 0 heterocycles. The quantitative estimate of drug-likeness (QED) is 0.135. The number of rotatable bonds is 13. The first-order valence-electron chi connectivity index (χ1n) is 11.4. The van der Waals surface area contributed by atoms with Crippen LogP contribution in [0.3, 0.4) is 0 Å². The lowest BCUT2D eigenvalue weighted by atomic mass is 10.1. The molecule has 0 fully saturated rings. The molecule has 0 unspecified atom stereocenters. The van der Waals surface area contributed by atoms with Gasteiger partial charge in [0.1, 0.15) is 29.6 Å². The fraction of sp³-hybridized carbons (Fsp3) is 0.138. The Bertz CT molecular complexity index is 1280. The topological polar surface area (TPSA) is 107 Å². The lowest BCUT2D eigenvalue weighted by molar-refractivity contribution is -0.144. The van der Waals surface area contributed by atoms with Crippen LogP contribution >= 0.6 is 0 Å². The van der Waals surface area contributed by atoms with E-state index in [9.17, 15) is 14.4 Å². The zero-order valence-electron chi connectivity index (χ0n) is 20.7. The number of benzene rings is 3.